The van der Waals surface area contributed by atoms with E-state index in [1.165, 1.54) is 24.9 Å². The van der Waals surface area contributed by atoms with Crippen LogP contribution in [0.3, 0.4) is 0 Å². The number of Topliss-reactive ketones (excluding diaryl/α,β-unsaturated/α-hetero) is 1. The van der Waals surface area contributed by atoms with E-state index in [2.05, 4.69) is 34.4 Å². The minimum Gasteiger partial charge on any atom is -0.339 e. The number of aromatic nitrogens is 2. The summed E-state index contributed by atoms with van der Waals surface area (Å²) in [6.45, 7) is 5.77. The van der Waals surface area contributed by atoms with Crippen LogP contribution in [0.1, 0.15) is 53.1 Å². The summed E-state index contributed by atoms with van der Waals surface area (Å²) < 4.78 is 0. The lowest BCUT2D eigenvalue weighted by molar-refractivity contribution is 0.101. The first kappa shape index (κ1) is 19.2. The van der Waals surface area contributed by atoms with Crippen LogP contribution in [0.5, 0.6) is 0 Å². The Hall–Kier alpha value is -3.54. The Balaban J connectivity index is 1.63. The Morgan fingerprint density at radius 2 is 1.50 bits per heavy atom. The Labute approximate surface area is 164 Å². The first-order valence-electron chi connectivity index (χ1n) is 9.04. The lowest BCUT2D eigenvalue weighted by Crippen LogP contribution is -2.14. The van der Waals surface area contributed by atoms with Crippen molar-refractivity contribution in [2.45, 2.75) is 26.7 Å². The number of ketones is 1. The number of hydrogen-bond acceptors (Lipinski definition) is 5. The molecule has 0 aliphatic carbocycles. The van der Waals surface area contributed by atoms with Gasteiger partial charge in [0.1, 0.15) is 11.5 Å². The fourth-order valence-electron chi connectivity index (χ4n) is 2.59. The van der Waals surface area contributed by atoms with Crippen molar-refractivity contribution >= 4 is 28.9 Å². The van der Waals surface area contributed by atoms with E-state index in [9.17, 15) is 9.59 Å². The van der Waals surface area contributed by atoms with E-state index in [4.69, 9.17) is 0 Å². The molecular weight excluding hydrogens is 352 g/mol. The zero-order valence-corrected chi connectivity index (χ0v) is 16.1. The zero-order chi connectivity index (χ0) is 20.1. The van der Waals surface area contributed by atoms with Crippen molar-refractivity contribution in [3.63, 3.8) is 0 Å². The molecule has 0 saturated carbocycles. The van der Waals surface area contributed by atoms with Crippen LogP contribution in [-0.4, -0.2) is 21.7 Å². The molecule has 0 spiro atoms. The summed E-state index contributed by atoms with van der Waals surface area (Å²) in [7, 11) is 0. The maximum absolute atomic E-state index is 12.3. The van der Waals surface area contributed by atoms with Crippen LogP contribution in [0.25, 0.3) is 0 Å². The summed E-state index contributed by atoms with van der Waals surface area (Å²) >= 11 is 0. The van der Waals surface area contributed by atoms with Gasteiger partial charge in [-0.1, -0.05) is 26.0 Å². The smallest absolute Gasteiger partial charge is 0.275 e. The van der Waals surface area contributed by atoms with E-state index in [0.29, 0.717) is 23.0 Å². The quantitative estimate of drug-likeness (QED) is 0.606. The molecule has 1 amide bonds. The van der Waals surface area contributed by atoms with Crippen LogP contribution in [-0.2, 0) is 0 Å². The summed E-state index contributed by atoms with van der Waals surface area (Å²) in [5.41, 5.74) is 3.57. The summed E-state index contributed by atoms with van der Waals surface area (Å²) in [5.74, 6) is 0.644. The Bertz CT molecular complexity index is 963. The molecule has 142 valence electrons. The van der Waals surface area contributed by atoms with Crippen LogP contribution in [0.2, 0.25) is 0 Å². The van der Waals surface area contributed by atoms with Gasteiger partial charge in [0.25, 0.3) is 5.91 Å². The number of anilines is 3. The van der Waals surface area contributed by atoms with E-state index < -0.39 is 0 Å². The van der Waals surface area contributed by atoms with Gasteiger partial charge in [-0.25, -0.2) is 9.97 Å². The highest BCUT2D eigenvalue weighted by molar-refractivity contribution is 6.02. The minimum atomic E-state index is -0.317. The third-order valence-corrected chi connectivity index (χ3v) is 4.28. The Kier molecular flexibility index (Phi) is 5.79. The maximum atomic E-state index is 12.3. The average molecular weight is 374 g/mol. The Morgan fingerprint density at radius 1 is 0.857 bits per heavy atom. The molecular formula is C22H22N4O2. The molecule has 0 aliphatic heterocycles. The maximum Gasteiger partial charge on any atom is 0.275 e. The number of nitrogens with zero attached hydrogens (tertiary/aromatic N) is 2. The molecule has 0 unspecified atom stereocenters. The van der Waals surface area contributed by atoms with Gasteiger partial charge in [0.2, 0.25) is 0 Å². The number of rotatable bonds is 6. The van der Waals surface area contributed by atoms with Crippen LogP contribution in [0.4, 0.5) is 17.2 Å². The molecule has 1 heterocycles. The van der Waals surface area contributed by atoms with Crippen molar-refractivity contribution in [2.75, 3.05) is 10.6 Å². The van der Waals surface area contributed by atoms with Gasteiger partial charge in [0, 0.05) is 16.9 Å². The summed E-state index contributed by atoms with van der Waals surface area (Å²) in [4.78, 5) is 32.1. The molecule has 6 heteroatoms. The fraction of sp³-hybridized carbons (Fsp3) is 0.182. The molecule has 1 aromatic heterocycles. The number of carbonyl (C=O) groups excluding carboxylic acids is 2. The lowest BCUT2D eigenvalue weighted by Gasteiger charge is -2.09. The zero-order valence-electron chi connectivity index (χ0n) is 16.1. The van der Waals surface area contributed by atoms with E-state index in [1.807, 2.05) is 24.3 Å². The monoisotopic (exact) mass is 374 g/mol. The first-order chi connectivity index (χ1) is 13.4. The van der Waals surface area contributed by atoms with Crippen molar-refractivity contribution < 1.29 is 9.59 Å². The highest BCUT2D eigenvalue weighted by atomic mass is 16.2. The average Bonchev–Trinajstić information content (AvgIpc) is 2.69. The normalized spacial score (nSPS) is 10.6. The second kappa shape index (κ2) is 8.43. The number of hydrogen-bond donors (Lipinski definition) is 2. The molecule has 2 aromatic carbocycles. The first-order valence-corrected chi connectivity index (χ1v) is 9.04. The third-order valence-electron chi connectivity index (χ3n) is 4.28. The van der Waals surface area contributed by atoms with E-state index in [1.54, 1.807) is 24.3 Å². The molecule has 28 heavy (non-hydrogen) atoms. The number of nitrogens with one attached hydrogen (secondary N) is 2. The molecule has 0 radical (unpaired) electrons. The molecule has 6 nitrogen and oxygen atoms in total. The van der Waals surface area contributed by atoms with Gasteiger partial charge in [-0.15, -0.1) is 0 Å². The minimum absolute atomic E-state index is 0.0144. The van der Waals surface area contributed by atoms with Crippen LogP contribution < -0.4 is 10.6 Å². The van der Waals surface area contributed by atoms with Crippen molar-refractivity contribution in [1.82, 2.24) is 9.97 Å². The highest BCUT2D eigenvalue weighted by Crippen LogP contribution is 2.18. The predicted octanol–water partition coefficient (Wildman–Crippen LogP) is 4.80. The topological polar surface area (TPSA) is 84.0 Å². The van der Waals surface area contributed by atoms with Crippen molar-refractivity contribution in [3.05, 3.63) is 77.7 Å². The highest BCUT2D eigenvalue weighted by Gasteiger charge is 2.09. The summed E-state index contributed by atoms with van der Waals surface area (Å²) in [6, 6.07) is 14.8. The molecule has 0 saturated heterocycles. The second-order valence-corrected chi connectivity index (χ2v) is 6.78. The summed E-state index contributed by atoms with van der Waals surface area (Å²) in [5, 5.41) is 5.90. The van der Waals surface area contributed by atoms with Crippen molar-refractivity contribution in [3.8, 4) is 0 Å². The van der Waals surface area contributed by atoms with E-state index >= 15 is 0 Å². The molecule has 3 aromatic rings. The van der Waals surface area contributed by atoms with Gasteiger partial charge in [0.15, 0.2) is 5.78 Å². The molecule has 0 bridgehead atoms. The van der Waals surface area contributed by atoms with Gasteiger partial charge in [0.05, 0.1) is 12.4 Å². The SMILES string of the molecule is CC(=O)c1ccc(Nc2cnc(C(=O)Nc3ccc(C(C)C)cc3)cn2)cc1. The van der Waals surface area contributed by atoms with Gasteiger partial charge >= 0.3 is 0 Å². The third kappa shape index (κ3) is 4.79. The molecule has 2 N–H and O–H groups in total. The van der Waals surface area contributed by atoms with Gasteiger partial charge in [-0.05, 0) is 54.8 Å². The molecule has 0 fully saturated rings. The van der Waals surface area contributed by atoms with Gasteiger partial charge < -0.3 is 10.6 Å². The standard InChI is InChI=1S/C22H22N4O2/c1-14(2)16-4-8-19(9-5-16)26-22(28)20-12-24-21(13-23-20)25-18-10-6-17(7-11-18)15(3)27/h4-14H,1-3H3,(H,24,25)(H,26,28). The van der Waals surface area contributed by atoms with Crippen LogP contribution >= 0.6 is 0 Å². The van der Waals surface area contributed by atoms with Crippen LogP contribution in [0.15, 0.2) is 60.9 Å². The number of benzene rings is 2. The van der Waals surface area contributed by atoms with Crippen LogP contribution in [0, 0.1) is 0 Å². The number of carbonyl (C=O) groups is 2. The molecule has 3 rings (SSSR count). The predicted molar refractivity (Wildman–Crippen MR) is 110 cm³/mol. The molecule has 0 aliphatic rings. The largest absolute Gasteiger partial charge is 0.339 e. The number of amides is 1. The fourth-order valence-corrected chi connectivity index (χ4v) is 2.59. The van der Waals surface area contributed by atoms with Gasteiger partial charge in [-0.2, -0.15) is 0 Å². The Morgan fingerprint density at radius 3 is 2.04 bits per heavy atom. The second-order valence-electron chi connectivity index (χ2n) is 6.78. The molecule has 0 atom stereocenters. The lowest BCUT2D eigenvalue weighted by atomic mass is 10.0. The van der Waals surface area contributed by atoms with E-state index in [0.717, 1.165) is 5.69 Å². The van der Waals surface area contributed by atoms with Crippen molar-refractivity contribution in [2.24, 2.45) is 0 Å². The van der Waals surface area contributed by atoms with Crippen molar-refractivity contribution in [1.29, 1.82) is 0 Å². The summed E-state index contributed by atoms with van der Waals surface area (Å²) in [6.07, 6.45) is 2.92. The van der Waals surface area contributed by atoms with E-state index in [-0.39, 0.29) is 17.4 Å². The van der Waals surface area contributed by atoms with Gasteiger partial charge in [-0.3, -0.25) is 9.59 Å².